The fourth-order valence-electron chi connectivity index (χ4n) is 3.11. The fraction of sp³-hybridized carbons (Fsp3) is 0.917. The molecule has 0 aliphatic heterocycles. The van der Waals surface area contributed by atoms with Gasteiger partial charge in [0.15, 0.2) is 0 Å². The molecule has 0 aromatic heterocycles. The molecule has 0 saturated carbocycles. The molecule has 0 rings (SSSR count). The maximum atomic E-state index is 11.8. The molecule has 35 heavy (non-hydrogen) atoms. The lowest BCUT2D eigenvalue weighted by Gasteiger charge is -2.16. The molecule has 0 aliphatic carbocycles. The number of esters is 1. The van der Waals surface area contributed by atoms with Crippen LogP contribution in [0.1, 0.15) is 112 Å². The highest BCUT2D eigenvalue weighted by atomic mass is 31.2. The summed E-state index contributed by atoms with van der Waals surface area (Å²) in [5.74, 6) is -1.92. The molecule has 0 aliphatic rings. The van der Waals surface area contributed by atoms with Crippen molar-refractivity contribution in [2.75, 3.05) is 19.8 Å². The molecular weight excluding hydrogens is 477 g/mol. The Morgan fingerprint density at radius 3 is 1.89 bits per heavy atom. The zero-order chi connectivity index (χ0) is 28.1. The molecule has 0 aromatic rings. The SMILES string of the molecule is [3H][C@H](CCCCCCCC(=O)OC[C@@H](O)COP(=O)(O)OC[C@H](N)C(=O)O)[C@@H]([3H])CCCCCCCC. The summed E-state index contributed by atoms with van der Waals surface area (Å²) in [4.78, 5) is 31.8. The van der Waals surface area contributed by atoms with Gasteiger partial charge in [0.25, 0.3) is 0 Å². The van der Waals surface area contributed by atoms with Crippen molar-refractivity contribution in [3.05, 3.63) is 0 Å². The first-order chi connectivity index (χ1) is 17.5. The topological polar surface area (TPSA) is 166 Å². The minimum absolute atomic E-state index is 0.177. The molecule has 0 saturated heterocycles. The lowest BCUT2D eigenvalue weighted by Crippen LogP contribution is -2.34. The highest BCUT2D eigenvalue weighted by Gasteiger charge is 2.26. The predicted octanol–water partition coefficient (Wildman–Crippen LogP) is 4.70. The third kappa shape index (κ3) is 23.1. The van der Waals surface area contributed by atoms with Crippen LogP contribution in [0.2, 0.25) is 0 Å². The molecule has 5 atom stereocenters. The number of carboxylic acids is 1. The maximum Gasteiger partial charge on any atom is 0.472 e. The van der Waals surface area contributed by atoms with Crippen LogP contribution in [0.25, 0.3) is 0 Å². The van der Waals surface area contributed by atoms with Crippen molar-refractivity contribution in [2.45, 2.75) is 122 Å². The number of nitrogens with two attached hydrogens (primary N) is 1. The number of carboxylic acid groups (broad SMARTS) is 1. The Labute approximate surface area is 213 Å². The summed E-state index contributed by atoms with van der Waals surface area (Å²) in [6.45, 7) is 0.365. The highest BCUT2D eigenvalue weighted by molar-refractivity contribution is 7.47. The van der Waals surface area contributed by atoms with E-state index >= 15 is 0 Å². The Balaban J connectivity index is 3.74. The minimum atomic E-state index is -4.61. The van der Waals surface area contributed by atoms with Gasteiger partial charge in [0.2, 0.25) is 0 Å². The Morgan fingerprint density at radius 2 is 1.34 bits per heavy atom. The average Bonchev–Trinajstić information content (AvgIpc) is 2.85. The van der Waals surface area contributed by atoms with Crippen LogP contribution >= 0.6 is 7.82 Å². The number of carbonyl (C=O) groups is 2. The van der Waals surface area contributed by atoms with Crippen molar-refractivity contribution < 1.29 is 45.8 Å². The lowest BCUT2D eigenvalue weighted by molar-refractivity contribution is -0.147. The van der Waals surface area contributed by atoms with Gasteiger partial charge in [-0.25, -0.2) is 4.57 Å². The number of rotatable bonds is 25. The zero-order valence-electron chi connectivity index (χ0n) is 23.1. The van der Waals surface area contributed by atoms with E-state index in [2.05, 4.69) is 16.0 Å². The second-order valence-corrected chi connectivity index (χ2v) is 10.1. The van der Waals surface area contributed by atoms with Crippen molar-refractivity contribution in [2.24, 2.45) is 5.73 Å². The number of hydrogen-bond acceptors (Lipinski definition) is 8. The monoisotopic (exact) mass is 529 g/mol. The first kappa shape index (κ1) is 30.2. The summed E-state index contributed by atoms with van der Waals surface area (Å²) >= 11 is 0. The van der Waals surface area contributed by atoms with E-state index in [1.807, 2.05) is 0 Å². The van der Waals surface area contributed by atoms with Crippen molar-refractivity contribution in [3.63, 3.8) is 0 Å². The molecule has 0 bridgehead atoms. The van der Waals surface area contributed by atoms with Crippen LogP contribution in [0.15, 0.2) is 0 Å². The lowest BCUT2D eigenvalue weighted by atomic mass is 10.0. The summed E-state index contributed by atoms with van der Waals surface area (Å²) in [5.41, 5.74) is 5.15. The highest BCUT2D eigenvalue weighted by Crippen LogP contribution is 2.43. The molecule has 208 valence electrons. The summed E-state index contributed by atoms with van der Waals surface area (Å²) in [5, 5.41) is 18.3. The molecule has 11 heteroatoms. The van der Waals surface area contributed by atoms with E-state index in [0.717, 1.165) is 51.4 Å². The smallest absolute Gasteiger partial charge is 0.472 e. The fourth-order valence-corrected chi connectivity index (χ4v) is 3.90. The van der Waals surface area contributed by atoms with E-state index in [9.17, 15) is 24.2 Å². The van der Waals surface area contributed by atoms with Gasteiger partial charge in [-0.3, -0.25) is 18.6 Å². The van der Waals surface area contributed by atoms with Gasteiger partial charge in [0.1, 0.15) is 18.8 Å². The molecule has 0 aromatic carbocycles. The number of phosphoric ester groups is 1. The molecule has 1 unspecified atom stereocenters. The number of aliphatic carboxylic acids is 1. The van der Waals surface area contributed by atoms with Gasteiger partial charge in [-0.2, -0.15) is 0 Å². The number of hydrogen-bond donors (Lipinski definition) is 4. The Morgan fingerprint density at radius 1 is 0.857 bits per heavy atom. The summed E-state index contributed by atoms with van der Waals surface area (Å²) < 4.78 is 41.8. The van der Waals surface area contributed by atoms with Gasteiger partial charge in [-0.1, -0.05) is 96.8 Å². The van der Waals surface area contributed by atoms with Crippen molar-refractivity contribution in [1.29, 1.82) is 0 Å². The molecule has 0 heterocycles. The molecule has 5 N–H and O–H groups in total. The Kier molecular flexibility index (Phi) is 19.1. The predicted molar refractivity (Wildman–Crippen MR) is 134 cm³/mol. The number of unbranched alkanes of at least 4 members (excludes halogenated alkanes) is 9. The quantitative estimate of drug-likeness (QED) is 0.0740. The summed E-state index contributed by atoms with van der Waals surface area (Å²) in [6, 6.07) is -1.50. The van der Waals surface area contributed by atoms with Gasteiger partial charge in [-0.15, -0.1) is 0 Å². The number of carbonyl (C=O) groups excluding carboxylic acids is 1. The Hall–Kier alpha value is -1.03. The Bertz CT molecular complexity index is 660. The summed E-state index contributed by atoms with van der Waals surface area (Å²) in [7, 11) is -4.61. The van der Waals surface area contributed by atoms with E-state index in [0.29, 0.717) is 6.42 Å². The van der Waals surface area contributed by atoms with Gasteiger partial charge in [0, 0.05) is 9.16 Å². The van der Waals surface area contributed by atoms with E-state index in [-0.39, 0.29) is 19.2 Å². The molecule has 0 amide bonds. The standard InChI is InChI=1S/C24H48NO9P/c1-2-3-4-5-6-7-8-9-10-11-12-13-14-15-16-17-23(27)32-18-21(26)19-33-35(30,31)34-20-22(25)24(28)29/h21-22,26H,2-20,25H2,1H3,(H,28,29)(H,30,31)/t21-,22+/m1/s1/i9T,10T/t9-,10-,21+,22-/m0. The second kappa shape index (κ2) is 22.2. The van der Waals surface area contributed by atoms with E-state index in [4.69, 9.17) is 18.3 Å². The van der Waals surface area contributed by atoms with Gasteiger partial charge in [0.05, 0.1) is 13.2 Å². The third-order valence-corrected chi connectivity index (χ3v) is 6.19. The first-order valence-corrected chi connectivity index (χ1v) is 14.3. The van der Waals surface area contributed by atoms with Gasteiger partial charge in [-0.05, 0) is 6.42 Å². The number of aliphatic hydroxyl groups is 1. The molecule has 0 fully saturated rings. The third-order valence-electron chi connectivity index (χ3n) is 5.24. The molecular formula is C24H48NO9P. The largest absolute Gasteiger partial charge is 0.480 e. The van der Waals surface area contributed by atoms with Crippen LogP contribution in [-0.2, 0) is 27.9 Å². The van der Waals surface area contributed by atoms with Crippen molar-refractivity contribution >= 4 is 19.8 Å². The van der Waals surface area contributed by atoms with E-state index in [1.165, 1.54) is 25.7 Å². The molecule has 10 nitrogen and oxygen atoms in total. The van der Waals surface area contributed by atoms with Crippen molar-refractivity contribution in [3.8, 4) is 0 Å². The van der Waals surface area contributed by atoms with Crippen LogP contribution in [-0.4, -0.2) is 59.0 Å². The number of phosphoric acid groups is 1. The van der Waals surface area contributed by atoms with Crippen LogP contribution in [0, 0.1) is 0 Å². The maximum absolute atomic E-state index is 11.8. The zero-order valence-corrected chi connectivity index (χ0v) is 22.0. The van der Waals surface area contributed by atoms with Crippen LogP contribution in [0.5, 0.6) is 0 Å². The van der Waals surface area contributed by atoms with Crippen LogP contribution in [0.4, 0.5) is 0 Å². The van der Waals surface area contributed by atoms with Gasteiger partial charge < -0.3 is 25.6 Å². The van der Waals surface area contributed by atoms with Crippen LogP contribution in [0.3, 0.4) is 0 Å². The van der Waals surface area contributed by atoms with Crippen LogP contribution < -0.4 is 5.73 Å². The minimum Gasteiger partial charge on any atom is -0.480 e. The van der Waals surface area contributed by atoms with Crippen molar-refractivity contribution in [1.82, 2.24) is 0 Å². The average molecular weight is 530 g/mol. The second-order valence-electron chi connectivity index (χ2n) is 8.68. The van der Waals surface area contributed by atoms with E-state index < -0.39 is 51.7 Å². The molecule has 0 radical (unpaired) electrons. The summed E-state index contributed by atoms with van der Waals surface area (Å²) in [6.07, 6.45) is 11.1. The number of ether oxygens (including phenoxy) is 1. The normalized spacial score (nSPS) is 17.5. The van der Waals surface area contributed by atoms with Gasteiger partial charge >= 0.3 is 19.8 Å². The number of aliphatic hydroxyl groups excluding tert-OH is 1. The first-order valence-electron chi connectivity index (χ1n) is 13.9. The van der Waals surface area contributed by atoms with E-state index in [1.54, 1.807) is 0 Å². The molecule has 0 spiro atoms.